The number of aromatic nitrogens is 4. The summed E-state index contributed by atoms with van der Waals surface area (Å²) in [6.45, 7) is 0. The van der Waals surface area contributed by atoms with Gasteiger partial charge < -0.3 is 15.2 Å². The zero-order chi connectivity index (χ0) is 29.9. The molecular weight excluding hydrogens is 568 g/mol. The Kier molecular flexibility index (Phi) is 6.96. The van der Waals surface area contributed by atoms with Crippen LogP contribution in [-0.2, 0) is 4.79 Å². The lowest BCUT2D eigenvalue weighted by atomic mass is 9.79. The van der Waals surface area contributed by atoms with Crippen molar-refractivity contribution in [3.8, 4) is 0 Å². The molecule has 0 radical (unpaired) electrons. The van der Waals surface area contributed by atoms with Crippen LogP contribution in [0.1, 0.15) is 116 Å². The monoisotopic (exact) mass is 602 g/mol. The summed E-state index contributed by atoms with van der Waals surface area (Å²) in [7, 11) is 0. The van der Waals surface area contributed by atoms with E-state index in [1.165, 1.54) is 6.26 Å². The summed E-state index contributed by atoms with van der Waals surface area (Å²) in [5.41, 5.74) is 2.74. The van der Waals surface area contributed by atoms with E-state index in [0.29, 0.717) is 22.6 Å². The molecule has 0 unspecified atom stereocenters. The first-order chi connectivity index (χ1) is 20.5. The number of carbonyl (C=O) groups excluding carboxylic acids is 2. The number of nitrogens with zero attached hydrogens (tertiary/aromatic N) is 4. The van der Waals surface area contributed by atoms with Crippen LogP contribution in [0.25, 0.3) is 5.65 Å². The topological polar surface area (TPSA) is 114 Å². The quantitative estimate of drug-likeness (QED) is 0.280. The third-order valence-electron chi connectivity index (χ3n) is 9.42. The molecule has 4 saturated carbocycles. The van der Waals surface area contributed by atoms with Gasteiger partial charge in [0.05, 0.1) is 35.9 Å². The number of carbonyl (C=O) groups is 2. The minimum absolute atomic E-state index is 0.0679. The molecule has 0 saturated heterocycles. The maximum atomic E-state index is 14.1. The van der Waals surface area contributed by atoms with E-state index in [9.17, 15) is 27.2 Å². The first-order valence-electron chi connectivity index (χ1n) is 15.2. The number of amides is 2. The van der Waals surface area contributed by atoms with Crippen LogP contribution < -0.4 is 10.6 Å². The van der Waals surface area contributed by atoms with Crippen LogP contribution in [0.5, 0.6) is 0 Å². The molecule has 2 atom stereocenters. The predicted octanol–water partition coefficient (Wildman–Crippen LogP) is 5.89. The Balaban J connectivity index is 1.12. The van der Waals surface area contributed by atoms with Gasteiger partial charge in [-0.15, -0.1) is 0 Å². The van der Waals surface area contributed by atoms with Crippen molar-refractivity contribution < 1.29 is 31.7 Å². The molecule has 2 N–H and O–H groups in total. The SMILES string of the molecule is O=C(CC1CC(F)(F)C1)N[C@@H](c1cnn2cc([C@@H](NC(=O)c3conc3C3CC3)C3CCC(F)(F)CC3)nc2c1)C1CC1. The van der Waals surface area contributed by atoms with E-state index in [2.05, 4.69) is 20.9 Å². The lowest BCUT2D eigenvalue weighted by Gasteiger charge is -2.34. The van der Waals surface area contributed by atoms with Crippen molar-refractivity contribution in [1.82, 2.24) is 30.4 Å². The van der Waals surface area contributed by atoms with Gasteiger partial charge >= 0.3 is 0 Å². The van der Waals surface area contributed by atoms with Crippen molar-refractivity contribution in [2.75, 3.05) is 0 Å². The summed E-state index contributed by atoms with van der Waals surface area (Å²) in [6.07, 6.45) is 7.92. The van der Waals surface area contributed by atoms with Gasteiger partial charge in [0.2, 0.25) is 17.8 Å². The zero-order valence-electron chi connectivity index (χ0n) is 23.6. The smallest absolute Gasteiger partial charge is 0.257 e. The second-order valence-electron chi connectivity index (χ2n) is 13.0. The van der Waals surface area contributed by atoms with Crippen molar-refractivity contribution in [3.05, 3.63) is 47.2 Å². The molecule has 230 valence electrons. The maximum Gasteiger partial charge on any atom is 0.257 e. The number of hydrogen-bond acceptors (Lipinski definition) is 6. The van der Waals surface area contributed by atoms with Gasteiger partial charge in [-0.2, -0.15) is 5.10 Å². The number of hydrogen-bond donors (Lipinski definition) is 2. The van der Waals surface area contributed by atoms with E-state index in [0.717, 1.165) is 31.2 Å². The van der Waals surface area contributed by atoms with E-state index < -0.39 is 17.9 Å². The number of fused-ring (bicyclic) bond motifs is 1. The largest absolute Gasteiger partial charge is 0.364 e. The molecule has 0 aliphatic heterocycles. The van der Waals surface area contributed by atoms with Gasteiger partial charge in [0.15, 0.2) is 5.65 Å². The van der Waals surface area contributed by atoms with Crippen LogP contribution in [0.4, 0.5) is 17.6 Å². The Morgan fingerprint density at radius 3 is 2.37 bits per heavy atom. The van der Waals surface area contributed by atoms with Crippen LogP contribution in [-0.4, -0.2) is 43.4 Å². The molecule has 3 aromatic heterocycles. The second kappa shape index (κ2) is 10.6. The van der Waals surface area contributed by atoms with Crippen LogP contribution >= 0.6 is 0 Å². The maximum absolute atomic E-state index is 14.1. The van der Waals surface area contributed by atoms with E-state index in [1.54, 1.807) is 16.9 Å². The zero-order valence-corrected chi connectivity index (χ0v) is 23.6. The second-order valence-corrected chi connectivity index (χ2v) is 13.0. The molecule has 4 aliphatic rings. The highest BCUT2D eigenvalue weighted by molar-refractivity contribution is 5.95. The van der Waals surface area contributed by atoms with Crippen molar-refractivity contribution in [2.45, 2.75) is 100 Å². The van der Waals surface area contributed by atoms with Gasteiger partial charge in [0.25, 0.3) is 5.91 Å². The number of alkyl halides is 4. The number of nitrogens with one attached hydrogen (secondary N) is 2. The fourth-order valence-electron chi connectivity index (χ4n) is 6.67. The van der Waals surface area contributed by atoms with Gasteiger partial charge in [-0.25, -0.2) is 27.1 Å². The van der Waals surface area contributed by atoms with E-state index >= 15 is 0 Å². The number of imidazole rings is 1. The predicted molar refractivity (Wildman–Crippen MR) is 144 cm³/mol. The molecular formula is C30H34F4N6O3. The molecule has 7 rings (SSSR count). The first-order valence-corrected chi connectivity index (χ1v) is 15.2. The third-order valence-corrected chi connectivity index (χ3v) is 9.42. The molecule has 4 aliphatic carbocycles. The molecule has 0 spiro atoms. The molecule has 43 heavy (non-hydrogen) atoms. The Morgan fingerprint density at radius 2 is 1.70 bits per heavy atom. The van der Waals surface area contributed by atoms with Crippen molar-refractivity contribution in [3.63, 3.8) is 0 Å². The minimum Gasteiger partial charge on any atom is -0.364 e. The van der Waals surface area contributed by atoms with Crippen molar-refractivity contribution >= 4 is 17.5 Å². The summed E-state index contributed by atoms with van der Waals surface area (Å²) in [6, 6.07) is 0.891. The molecule has 9 nitrogen and oxygen atoms in total. The summed E-state index contributed by atoms with van der Waals surface area (Å²) in [5, 5.41) is 14.6. The first kappa shape index (κ1) is 28.3. The summed E-state index contributed by atoms with van der Waals surface area (Å²) < 4.78 is 61.3. The summed E-state index contributed by atoms with van der Waals surface area (Å²) in [5.74, 6) is -6.17. The van der Waals surface area contributed by atoms with Gasteiger partial charge in [0, 0.05) is 38.0 Å². The molecule has 13 heteroatoms. The van der Waals surface area contributed by atoms with Gasteiger partial charge in [0.1, 0.15) is 11.8 Å². The van der Waals surface area contributed by atoms with Crippen LogP contribution in [0, 0.1) is 17.8 Å². The Hall–Kier alpha value is -3.51. The highest BCUT2D eigenvalue weighted by Crippen LogP contribution is 2.46. The van der Waals surface area contributed by atoms with Gasteiger partial charge in [-0.1, -0.05) is 5.16 Å². The molecule has 0 aromatic carbocycles. The third kappa shape index (κ3) is 6.12. The van der Waals surface area contributed by atoms with E-state index in [1.807, 2.05) is 6.07 Å². The van der Waals surface area contributed by atoms with Crippen LogP contribution in [0.15, 0.2) is 29.2 Å². The summed E-state index contributed by atoms with van der Waals surface area (Å²) in [4.78, 5) is 30.9. The Morgan fingerprint density at radius 1 is 0.977 bits per heavy atom. The minimum atomic E-state index is -2.73. The highest BCUT2D eigenvalue weighted by Gasteiger charge is 2.46. The fourth-order valence-corrected chi connectivity index (χ4v) is 6.67. The van der Waals surface area contributed by atoms with Gasteiger partial charge in [-0.05, 0) is 67.9 Å². The van der Waals surface area contributed by atoms with Crippen LogP contribution in [0.2, 0.25) is 0 Å². The standard InChI is InChI=1S/C30H34F4N6O3/c31-29(32)7-5-19(6-8-29)27(38-28(42)21-15-43-39-26(21)18-3-4-18)22-14-40-23(36-22)10-20(13-35-40)25(17-1-2-17)37-24(41)9-16-11-30(33,34)12-16/h10,13-19,25,27H,1-9,11-12H2,(H,37,41)(H,38,42)/t25-,27+/m1/s1. The lowest BCUT2D eigenvalue weighted by Crippen LogP contribution is -2.39. The van der Waals surface area contributed by atoms with Gasteiger partial charge in [-0.3, -0.25) is 9.59 Å². The molecule has 3 heterocycles. The number of rotatable bonds is 10. The molecule has 0 bridgehead atoms. The fraction of sp³-hybridized carbons (Fsp3) is 0.633. The average Bonchev–Trinajstić information content (AvgIpc) is 3.87. The number of halogens is 4. The van der Waals surface area contributed by atoms with E-state index in [4.69, 9.17) is 9.51 Å². The molecule has 3 aromatic rings. The Bertz CT molecular complexity index is 1510. The van der Waals surface area contributed by atoms with Crippen LogP contribution in [0.3, 0.4) is 0 Å². The average molecular weight is 603 g/mol. The van der Waals surface area contributed by atoms with Crippen molar-refractivity contribution in [1.29, 1.82) is 0 Å². The Labute approximate surface area is 245 Å². The van der Waals surface area contributed by atoms with Crippen molar-refractivity contribution in [2.24, 2.45) is 17.8 Å². The molecule has 4 fully saturated rings. The highest BCUT2D eigenvalue weighted by atomic mass is 19.3. The summed E-state index contributed by atoms with van der Waals surface area (Å²) >= 11 is 0. The molecule has 2 amide bonds. The lowest BCUT2D eigenvalue weighted by molar-refractivity contribution is -0.134. The normalized spacial score (nSPS) is 23.4. The van der Waals surface area contributed by atoms with E-state index in [-0.39, 0.29) is 86.5 Å².